The third kappa shape index (κ3) is 24.9. The normalized spacial score (nSPS) is 13.9. The van der Waals surface area contributed by atoms with Gasteiger partial charge in [0, 0.05) is 19.3 Å². The van der Waals surface area contributed by atoms with E-state index < -0.39 is 165 Å². The average molecular weight is 980 g/mol. The first-order valence-electron chi connectivity index (χ1n) is 21.9. The number of carbonyl (C=O) groups excluding carboxylic acids is 9. The number of unbranched alkanes of at least 4 members (excludes halogenated alkanes) is 1. The molecule has 0 fully saturated rings. The molecule has 69 heavy (non-hydrogen) atoms. The smallest absolute Gasteiger partial charge is 0.322 e. The van der Waals surface area contributed by atoms with Gasteiger partial charge in [0.15, 0.2) is 0 Å². The molecule has 0 heterocycles. The number of nitrogens with two attached hydrogens (primary N) is 3. The molecule has 0 aromatic heterocycles. The van der Waals surface area contributed by atoms with Crippen LogP contribution in [-0.4, -0.2) is 160 Å². The number of carbonyl (C=O) groups is 12. The van der Waals surface area contributed by atoms with Crippen LogP contribution in [0.1, 0.15) is 77.2 Å². The van der Waals surface area contributed by atoms with Crippen LogP contribution in [0, 0.1) is 5.92 Å². The minimum absolute atomic E-state index is 0.0447. The summed E-state index contributed by atoms with van der Waals surface area (Å²) in [5.41, 5.74) is 16.8. The standard InChI is InChI=1S/C42H65N11O16/c1-22(2)16-28(51-42(69)30(21-54)53-36(63)24(44)18-31(45)55)40(67)50-26(11-13-33(57)58)38(65)46-19-32(56)48-27(12-14-34(59)60)39(66)52-29(17-23-8-4-3-5-9-23)41(68)49-25(10-6-7-15-43)37(64)47-20-35(61)62/h3-5,8-9,22,24-30,54H,6-7,10-21,43-44H2,1-2H3,(H2,45,55)(H,46,65)(H,47,64)(H,48,56)(H,49,68)(H,50,67)(H,51,69)(H,52,66)(H,53,63)(H,57,58)(H,59,60)(H,61,62)/t24-,25-,26-,27-,28-,29-,30-/m0/s1. The molecule has 1 aromatic rings. The van der Waals surface area contributed by atoms with Gasteiger partial charge in [0.05, 0.1) is 25.6 Å². The maximum Gasteiger partial charge on any atom is 0.322 e. The highest BCUT2D eigenvalue weighted by molar-refractivity contribution is 5.98. The first-order chi connectivity index (χ1) is 32.5. The molecule has 0 aliphatic carbocycles. The Morgan fingerprint density at radius 1 is 0.551 bits per heavy atom. The number of carboxylic acid groups (broad SMARTS) is 3. The number of rotatable bonds is 34. The van der Waals surface area contributed by atoms with Crippen molar-refractivity contribution in [1.82, 2.24) is 42.5 Å². The van der Waals surface area contributed by atoms with Crippen molar-refractivity contribution in [2.45, 2.75) is 120 Å². The molecule has 1 rings (SSSR count). The number of hydrogen-bond donors (Lipinski definition) is 15. The van der Waals surface area contributed by atoms with Gasteiger partial charge in [-0.1, -0.05) is 44.2 Å². The number of aliphatic carboxylic acids is 3. The molecule has 27 nitrogen and oxygen atoms in total. The highest BCUT2D eigenvalue weighted by atomic mass is 16.4. The molecule has 0 aliphatic heterocycles. The summed E-state index contributed by atoms with van der Waals surface area (Å²) in [5.74, 6) is -13.3. The van der Waals surface area contributed by atoms with Crippen molar-refractivity contribution < 1.29 is 78.0 Å². The zero-order valence-corrected chi connectivity index (χ0v) is 38.3. The number of benzene rings is 1. The molecular formula is C42H65N11O16. The van der Waals surface area contributed by atoms with Crippen molar-refractivity contribution in [3.8, 4) is 0 Å². The fourth-order valence-corrected chi connectivity index (χ4v) is 6.29. The molecule has 9 amide bonds. The monoisotopic (exact) mass is 979 g/mol. The molecular weight excluding hydrogens is 915 g/mol. The number of carboxylic acids is 3. The van der Waals surface area contributed by atoms with E-state index in [4.69, 9.17) is 22.3 Å². The van der Waals surface area contributed by atoms with E-state index in [-0.39, 0.29) is 31.7 Å². The molecule has 0 unspecified atom stereocenters. The maximum absolute atomic E-state index is 13.8. The molecule has 384 valence electrons. The lowest BCUT2D eigenvalue weighted by Crippen LogP contribution is -2.59. The van der Waals surface area contributed by atoms with Crippen LogP contribution in [0.3, 0.4) is 0 Å². The van der Waals surface area contributed by atoms with Crippen LogP contribution in [-0.2, 0) is 64.0 Å². The largest absolute Gasteiger partial charge is 0.481 e. The van der Waals surface area contributed by atoms with E-state index in [1.807, 2.05) is 0 Å². The third-order valence-corrected chi connectivity index (χ3v) is 9.82. The summed E-state index contributed by atoms with van der Waals surface area (Å²) >= 11 is 0. The van der Waals surface area contributed by atoms with Crippen molar-refractivity contribution in [1.29, 1.82) is 0 Å². The Morgan fingerprint density at radius 3 is 1.52 bits per heavy atom. The molecule has 0 spiro atoms. The summed E-state index contributed by atoms with van der Waals surface area (Å²) in [5, 5.41) is 56.1. The van der Waals surface area contributed by atoms with Gasteiger partial charge in [-0.15, -0.1) is 0 Å². The van der Waals surface area contributed by atoms with E-state index in [1.165, 1.54) is 0 Å². The van der Waals surface area contributed by atoms with Crippen LogP contribution in [0.25, 0.3) is 0 Å². The summed E-state index contributed by atoms with van der Waals surface area (Å²) < 4.78 is 0. The van der Waals surface area contributed by atoms with Gasteiger partial charge < -0.3 is 80.2 Å². The Morgan fingerprint density at radius 2 is 1.01 bits per heavy atom. The molecule has 18 N–H and O–H groups in total. The van der Waals surface area contributed by atoms with Gasteiger partial charge in [0.2, 0.25) is 53.2 Å². The summed E-state index contributed by atoms with van der Waals surface area (Å²) in [6.07, 6.45) is -2.37. The molecule has 27 heteroatoms. The van der Waals surface area contributed by atoms with Crippen LogP contribution >= 0.6 is 0 Å². The van der Waals surface area contributed by atoms with Crippen LogP contribution < -0.4 is 59.7 Å². The van der Waals surface area contributed by atoms with Gasteiger partial charge in [-0.05, 0) is 56.6 Å². The van der Waals surface area contributed by atoms with Crippen molar-refractivity contribution in [3.05, 3.63) is 35.9 Å². The van der Waals surface area contributed by atoms with E-state index in [1.54, 1.807) is 44.2 Å². The maximum atomic E-state index is 13.8. The van der Waals surface area contributed by atoms with Gasteiger partial charge in [-0.3, -0.25) is 57.5 Å². The van der Waals surface area contributed by atoms with E-state index in [0.29, 0.717) is 18.4 Å². The minimum Gasteiger partial charge on any atom is -0.481 e. The first-order valence-corrected chi connectivity index (χ1v) is 21.9. The number of primary amides is 1. The van der Waals surface area contributed by atoms with E-state index >= 15 is 0 Å². The number of nitrogens with one attached hydrogen (secondary N) is 8. The van der Waals surface area contributed by atoms with E-state index in [0.717, 1.165) is 0 Å². The Bertz CT molecular complexity index is 1950. The van der Waals surface area contributed by atoms with Gasteiger partial charge in [0.1, 0.15) is 42.8 Å². The lowest BCUT2D eigenvalue weighted by molar-refractivity contribution is -0.139. The van der Waals surface area contributed by atoms with Crippen LogP contribution in [0.15, 0.2) is 30.3 Å². The van der Waals surface area contributed by atoms with E-state index in [9.17, 15) is 72.9 Å². The quantitative estimate of drug-likeness (QED) is 0.0287. The van der Waals surface area contributed by atoms with E-state index in [2.05, 4.69) is 42.5 Å². The van der Waals surface area contributed by atoms with Gasteiger partial charge in [0.25, 0.3) is 0 Å². The van der Waals surface area contributed by atoms with Crippen molar-refractivity contribution in [2.75, 3.05) is 26.2 Å². The van der Waals surface area contributed by atoms with Crippen molar-refractivity contribution >= 4 is 71.1 Å². The summed E-state index contributed by atoms with van der Waals surface area (Å²) in [7, 11) is 0. The molecule has 0 bridgehead atoms. The lowest BCUT2D eigenvalue weighted by atomic mass is 10.0. The topological polar surface area (TPSA) is 460 Å². The van der Waals surface area contributed by atoms with Crippen LogP contribution in [0.4, 0.5) is 0 Å². The SMILES string of the molecule is CC(C)C[C@H](NC(=O)[C@H](CO)NC(=O)[C@@H](N)CC(N)=O)C(=O)N[C@@H](CCC(=O)O)C(=O)NCC(=O)N[C@@H](CCC(=O)O)C(=O)N[C@@H](Cc1ccccc1)C(=O)N[C@@H](CCCCN)C(=O)NCC(=O)O. The highest BCUT2D eigenvalue weighted by Crippen LogP contribution is 2.10. The Labute approximate surface area is 396 Å². The van der Waals surface area contributed by atoms with Gasteiger partial charge in [-0.2, -0.15) is 0 Å². The van der Waals surface area contributed by atoms with Gasteiger partial charge >= 0.3 is 17.9 Å². The second-order valence-corrected chi connectivity index (χ2v) is 16.2. The number of hydrogen-bond acceptors (Lipinski definition) is 15. The molecule has 7 atom stereocenters. The first kappa shape index (κ1) is 59.8. The Balaban J connectivity index is 3.30. The summed E-state index contributed by atoms with van der Waals surface area (Å²) in [4.78, 5) is 152. The van der Waals surface area contributed by atoms with Crippen molar-refractivity contribution in [3.63, 3.8) is 0 Å². The Kier molecular flexibility index (Phi) is 27.4. The number of aliphatic hydroxyl groups is 1. The third-order valence-electron chi connectivity index (χ3n) is 9.82. The zero-order chi connectivity index (χ0) is 52.2. The minimum atomic E-state index is -1.66. The molecule has 0 saturated heterocycles. The van der Waals surface area contributed by atoms with Crippen molar-refractivity contribution in [2.24, 2.45) is 23.1 Å². The van der Waals surface area contributed by atoms with Gasteiger partial charge in [-0.25, -0.2) is 0 Å². The fraction of sp³-hybridized carbons (Fsp3) is 0.571. The second-order valence-electron chi connectivity index (χ2n) is 16.2. The predicted molar refractivity (Wildman–Crippen MR) is 240 cm³/mol. The average Bonchev–Trinajstić information content (AvgIpc) is 3.27. The Hall–Kier alpha value is -7.26. The number of aliphatic hydroxyl groups excluding tert-OH is 1. The predicted octanol–water partition coefficient (Wildman–Crippen LogP) is -5.45. The van der Waals surface area contributed by atoms with Crippen LogP contribution in [0.2, 0.25) is 0 Å². The molecule has 1 aromatic carbocycles. The second kappa shape index (κ2) is 31.7. The number of amides is 9. The fourth-order valence-electron chi connectivity index (χ4n) is 6.29. The molecule has 0 aliphatic rings. The summed E-state index contributed by atoms with van der Waals surface area (Å²) in [6.45, 7) is 0.968. The zero-order valence-electron chi connectivity index (χ0n) is 38.3. The highest BCUT2D eigenvalue weighted by Gasteiger charge is 2.33. The molecule has 0 saturated carbocycles. The lowest BCUT2D eigenvalue weighted by Gasteiger charge is -2.26. The molecule has 0 radical (unpaired) electrons. The summed E-state index contributed by atoms with van der Waals surface area (Å²) in [6, 6.07) is -2.32. The van der Waals surface area contributed by atoms with Crippen LogP contribution in [0.5, 0.6) is 0 Å².